The molecule has 1 aliphatic rings. The van der Waals surface area contributed by atoms with Gasteiger partial charge in [-0.15, -0.1) is 11.6 Å². The zero-order valence-electron chi connectivity index (χ0n) is 11.4. The Balaban J connectivity index is 1.71. The summed E-state index contributed by atoms with van der Waals surface area (Å²) in [7, 11) is 0. The Kier molecular flexibility index (Phi) is 4.60. The van der Waals surface area contributed by atoms with Gasteiger partial charge in [0, 0.05) is 17.8 Å². The van der Waals surface area contributed by atoms with Crippen molar-refractivity contribution < 1.29 is 4.74 Å². The van der Waals surface area contributed by atoms with Crippen LogP contribution >= 0.6 is 11.6 Å². The van der Waals surface area contributed by atoms with Gasteiger partial charge in [-0.25, -0.2) is 0 Å². The van der Waals surface area contributed by atoms with Crippen LogP contribution in [0.2, 0.25) is 0 Å². The fraction of sp³-hybridized carbons (Fsp3) is 0.500. The summed E-state index contributed by atoms with van der Waals surface area (Å²) in [6, 6.07) is 4.16. The molecule has 108 valence electrons. The van der Waals surface area contributed by atoms with Crippen molar-refractivity contribution in [2.45, 2.75) is 31.1 Å². The fourth-order valence-electron chi connectivity index (χ4n) is 2.16. The van der Waals surface area contributed by atoms with Crippen LogP contribution in [-0.4, -0.2) is 28.7 Å². The summed E-state index contributed by atoms with van der Waals surface area (Å²) in [6.45, 7) is 2.46. The average molecular weight is 295 g/mol. The Morgan fingerprint density at radius 2 is 2.30 bits per heavy atom. The SMILES string of the molecule is Cc1ccc(C2CC2CCOC(=N)C(Cl)C(=N)N)nc1. The van der Waals surface area contributed by atoms with Crippen LogP contribution < -0.4 is 5.73 Å². The second-order valence-electron chi connectivity index (χ2n) is 5.18. The number of nitrogens with zero attached hydrogens (tertiary/aromatic N) is 1. The molecule has 1 fully saturated rings. The standard InChI is InChI=1S/C14H19ClN4O/c1-8-2-3-11(19-7-8)10-6-9(10)4-5-20-14(18)12(15)13(16)17/h2-3,7,9-10,12,18H,4-6H2,1H3,(H3,16,17). The lowest BCUT2D eigenvalue weighted by molar-refractivity contribution is 0.282. The number of nitrogens with one attached hydrogen (secondary N) is 2. The summed E-state index contributed by atoms with van der Waals surface area (Å²) in [6.07, 6.45) is 3.87. The number of rotatable bonds is 6. The largest absolute Gasteiger partial charge is 0.480 e. The van der Waals surface area contributed by atoms with E-state index in [0.29, 0.717) is 18.4 Å². The van der Waals surface area contributed by atoms with E-state index < -0.39 is 5.38 Å². The first-order chi connectivity index (χ1) is 9.49. The van der Waals surface area contributed by atoms with Gasteiger partial charge in [0.1, 0.15) is 5.84 Å². The molecule has 5 nitrogen and oxygen atoms in total. The minimum Gasteiger partial charge on any atom is -0.480 e. The number of pyridine rings is 1. The first kappa shape index (κ1) is 14.8. The summed E-state index contributed by atoms with van der Waals surface area (Å²) in [5, 5.41) is 13.7. The molecule has 0 radical (unpaired) electrons. The molecular formula is C14H19ClN4O. The first-order valence-corrected chi connectivity index (χ1v) is 7.04. The third-order valence-electron chi connectivity index (χ3n) is 3.49. The summed E-state index contributed by atoms with van der Waals surface area (Å²) >= 11 is 5.73. The van der Waals surface area contributed by atoms with Gasteiger partial charge in [0.15, 0.2) is 5.38 Å². The van der Waals surface area contributed by atoms with E-state index in [0.717, 1.165) is 18.5 Å². The van der Waals surface area contributed by atoms with Crippen LogP contribution in [0.25, 0.3) is 0 Å². The molecule has 1 aliphatic carbocycles. The van der Waals surface area contributed by atoms with E-state index in [2.05, 4.69) is 17.1 Å². The van der Waals surface area contributed by atoms with Crippen molar-refractivity contribution in [2.24, 2.45) is 11.7 Å². The molecular weight excluding hydrogens is 276 g/mol. The summed E-state index contributed by atoms with van der Waals surface area (Å²) in [4.78, 5) is 4.44. The van der Waals surface area contributed by atoms with Gasteiger partial charge < -0.3 is 10.5 Å². The average Bonchev–Trinajstić information content (AvgIpc) is 3.18. The van der Waals surface area contributed by atoms with Crippen molar-refractivity contribution in [3.63, 3.8) is 0 Å². The number of nitrogens with two attached hydrogens (primary N) is 1. The summed E-state index contributed by atoms with van der Waals surface area (Å²) < 4.78 is 5.23. The minimum atomic E-state index is -0.955. The monoisotopic (exact) mass is 294 g/mol. The van der Waals surface area contributed by atoms with Gasteiger partial charge in [-0.05, 0) is 37.3 Å². The van der Waals surface area contributed by atoms with E-state index in [1.807, 2.05) is 13.1 Å². The molecule has 0 bridgehead atoms. The van der Waals surface area contributed by atoms with Gasteiger partial charge in [0.2, 0.25) is 5.90 Å². The van der Waals surface area contributed by atoms with Crippen molar-refractivity contribution in [3.8, 4) is 0 Å². The molecule has 20 heavy (non-hydrogen) atoms. The molecule has 1 saturated carbocycles. The maximum Gasteiger partial charge on any atom is 0.206 e. The Bertz CT molecular complexity index is 502. The van der Waals surface area contributed by atoms with E-state index in [-0.39, 0.29) is 11.7 Å². The van der Waals surface area contributed by atoms with Crippen molar-refractivity contribution in [1.82, 2.24) is 4.98 Å². The molecule has 3 unspecified atom stereocenters. The minimum absolute atomic E-state index is 0.148. The lowest BCUT2D eigenvalue weighted by Gasteiger charge is -2.11. The predicted molar refractivity (Wildman–Crippen MR) is 79.7 cm³/mol. The number of amidine groups is 1. The molecule has 1 aromatic rings. The zero-order valence-corrected chi connectivity index (χ0v) is 12.2. The molecule has 6 heteroatoms. The van der Waals surface area contributed by atoms with E-state index in [1.165, 1.54) is 5.56 Å². The first-order valence-electron chi connectivity index (χ1n) is 6.60. The van der Waals surface area contributed by atoms with Crippen LogP contribution in [0, 0.1) is 23.7 Å². The van der Waals surface area contributed by atoms with Gasteiger partial charge in [0.25, 0.3) is 0 Å². The number of halogens is 1. The summed E-state index contributed by atoms with van der Waals surface area (Å²) in [5.41, 5.74) is 7.51. The lowest BCUT2D eigenvalue weighted by Crippen LogP contribution is -2.31. The second kappa shape index (κ2) is 6.22. The number of aryl methyl sites for hydroxylation is 1. The van der Waals surface area contributed by atoms with Crippen LogP contribution in [0.1, 0.15) is 30.0 Å². The molecule has 1 heterocycles. The molecule has 0 saturated heterocycles. The molecule has 3 atom stereocenters. The van der Waals surface area contributed by atoms with Crippen LogP contribution in [0.3, 0.4) is 0 Å². The molecule has 2 rings (SSSR count). The van der Waals surface area contributed by atoms with Crippen LogP contribution in [0.5, 0.6) is 0 Å². The highest BCUT2D eigenvalue weighted by atomic mass is 35.5. The lowest BCUT2D eigenvalue weighted by atomic mass is 10.1. The van der Waals surface area contributed by atoms with Crippen LogP contribution in [0.4, 0.5) is 0 Å². The molecule has 0 spiro atoms. The molecule has 0 amide bonds. The number of hydrogen-bond acceptors (Lipinski definition) is 4. The smallest absolute Gasteiger partial charge is 0.206 e. The molecule has 1 aromatic heterocycles. The van der Waals surface area contributed by atoms with Crippen molar-refractivity contribution in [1.29, 1.82) is 10.8 Å². The predicted octanol–water partition coefficient (Wildman–Crippen LogP) is 2.42. The van der Waals surface area contributed by atoms with E-state index in [4.69, 9.17) is 32.9 Å². The maximum absolute atomic E-state index is 7.54. The number of alkyl halides is 1. The Labute approximate surface area is 123 Å². The number of hydrogen-bond donors (Lipinski definition) is 3. The Morgan fingerprint density at radius 3 is 2.90 bits per heavy atom. The Morgan fingerprint density at radius 1 is 1.55 bits per heavy atom. The van der Waals surface area contributed by atoms with Crippen molar-refractivity contribution in [2.75, 3.05) is 6.61 Å². The van der Waals surface area contributed by atoms with Crippen molar-refractivity contribution in [3.05, 3.63) is 29.6 Å². The quantitative estimate of drug-likeness (QED) is 0.427. The Hall–Kier alpha value is -1.62. The molecule has 0 aromatic carbocycles. The number of aromatic nitrogens is 1. The highest BCUT2D eigenvalue weighted by Crippen LogP contribution is 2.48. The van der Waals surface area contributed by atoms with Crippen LogP contribution in [0.15, 0.2) is 18.3 Å². The van der Waals surface area contributed by atoms with E-state index in [9.17, 15) is 0 Å². The maximum atomic E-state index is 7.54. The normalized spacial score (nSPS) is 22.1. The molecule has 0 aliphatic heterocycles. The van der Waals surface area contributed by atoms with Crippen LogP contribution in [-0.2, 0) is 4.74 Å². The van der Waals surface area contributed by atoms with E-state index in [1.54, 1.807) is 0 Å². The summed E-state index contributed by atoms with van der Waals surface area (Å²) in [5.74, 6) is 0.659. The number of ether oxygens (including phenoxy) is 1. The topological polar surface area (TPSA) is 95.8 Å². The van der Waals surface area contributed by atoms with Gasteiger partial charge in [0.05, 0.1) is 6.61 Å². The van der Waals surface area contributed by atoms with Gasteiger partial charge >= 0.3 is 0 Å². The highest BCUT2D eigenvalue weighted by molar-refractivity contribution is 6.41. The second-order valence-corrected chi connectivity index (χ2v) is 5.62. The third kappa shape index (κ3) is 3.70. The fourth-order valence-corrected chi connectivity index (χ4v) is 2.23. The highest BCUT2D eigenvalue weighted by Gasteiger charge is 2.38. The van der Waals surface area contributed by atoms with Crippen molar-refractivity contribution >= 4 is 23.3 Å². The molecule has 4 N–H and O–H groups in total. The van der Waals surface area contributed by atoms with Gasteiger partial charge in [-0.2, -0.15) is 0 Å². The van der Waals surface area contributed by atoms with Gasteiger partial charge in [-0.3, -0.25) is 15.8 Å². The zero-order chi connectivity index (χ0) is 14.7. The van der Waals surface area contributed by atoms with E-state index >= 15 is 0 Å². The van der Waals surface area contributed by atoms with Gasteiger partial charge in [-0.1, -0.05) is 6.07 Å². The third-order valence-corrected chi connectivity index (χ3v) is 3.92.